The lowest BCUT2D eigenvalue weighted by Gasteiger charge is -2.36. The van der Waals surface area contributed by atoms with Crippen molar-refractivity contribution in [3.8, 4) is 0 Å². The Balaban J connectivity index is 1.91. The first-order chi connectivity index (χ1) is 9.62. The molecule has 0 spiro atoms. The molecule has 2 rings (SSSR count). The van der Waals surface area contributed by atoms with Crippen LogP contribution >= 0.6 is 0 Å². The minimum atomic E-state index is -0.408. The third-order valence-corrected chi connectivity index (χ3v) is 3.87. The molecular formula is C14H24N2O4. The van der Waals surface area contributed by atoms with E-state index in [4.69, 9.17) is 9.47 Å². The molecule has 1 aliphatic carbocycles. The lowest BCUT2D eigenvalue weighted by atomic mass is 9.94. The molecule has 1 heterocycles. The highest BCUT2D eigenvalue weighted by Gasteiger charge is 2.35. The number of nitrogens with one attached hydrogen (secondary N) is 1. The fourth-order valence-electron chi connectivity index (χ4n) is 2.79. The van der Waals surface area contributed by atoms with Gasteiger partial charge in [0.2, 0.25) is 0 Å². The first-order valence-corrected chi connectivity index (χ1v) is 7.35. The molecule has 0 aromatic rings. The number of ether oxygens (including phenoxy) is 2. The smallest absolute Gasteiger partial charge is 0.407 e. The normalized spacial score (nSPS) is 26.9. The number of carbonyl (C=O) groups excluding carboxylic acids is 2. The summed E-state index contributed by atoms with van der Waals surface area (Å²) in [4.78, 5) is 25.6. The minimum Gasteiger partial charge on any atom is -0.469 e. The van der Waals surface area contributed by atoms with Crippen LogP contribution in [0.2, 0.25) is 0 Å². The van der Waals surface area contributed by atoms with E-state index in [-0.39, 0.29) is 17.9 Å². The molecule has 1 saturated heterocycles. The molecule has 1 saturated carbocycles. The van der Waals surface area contributed by atoms with E-state index in [0.29, 0.717) is 13.0 Å². The van der Waals surface area contributed by atoms with E-state index in [2.05, 4.69) is 10.2 Å². The van der Waals surface area contributed by atoms with E-state index in [0.717, 1.165) is 25.6 Å². The summed E-state index contributed by atoms with van der Waals surface area (Å²) in [6.45, 7) is 4.64. The number of rotatable bonds is 5. The predicted molar refractivity (Wildman–Crippen MR) is 73.2 cm³/mol. The Kier molecular flexibility index (Phi) is 5.23. The Morgan fingerprint density at radius 1 is 1.30 bits per heavy atom. The maximum Gasteiger partial charge on any atom is 0.407 e. The number of piperidine rings is 1. The van der Waals surface area contributed by atoms with Crippen LogP contribution in [0.5, 0.6) is 0 Å². The minimum absolute atomic E-state index is 0.0503. The first kappa shape index (κ1) is 15.1. The number of nitrogens with zero attached hydrogens (tertiary/aromatic N) is 1. The summed E-state index contributed by atoms with van der Waals surface area (Å²) in [5.41, 5.74) is 0. The summed E-state index contributed by atoms with van der Waals surface area (Å²) in [6.07, 6.45) is 2.76. The van der Waals surface area contributed by atoms with Crippen molar-refractivity contribution >= 4 is 12.1 Å². The van der Waals surface area contributed by atoms with Crippen LogP contribution in [0, 0.1) is 11.8 Å². The zero-order chi connectivity index (χ0) is 14.5. The monoisotopic (exact) mass is 284 g/mol. The molecule has 0 aromatic carbocycles. The summed E-state index contributed by atoms with van der Waals surface area (Å²) in [5, 5.41) is 2.84. The second-order valence-electron chi connectivity index (χ2n) is 5.68. The molecule has 114 valence electrons. The van der Waals surface area contributed by atoms with Crippen LogP contribution < -0.4 is 5.32 Å². The summed E-state index contributed by atoms with van der Waals surface area (Å²) >= 11 is 0. The Labute approximate surface area is 119 Å². The number of likely N-dealkylation sites (tertiary alicyclic amines) is 1. The summed E-state index contributed by atoms with van der Waals surface area (Å²) in [7, 11) is 1.41. The molecule has 6 heteroatoms. The molecule has 0 radical (unpaired) electrons. The van der Waals surface area contributed by atoms with E-state index in [1.54, 1.807) is 6.92 Å². The van der Waals surface area contributed by atoms with Gasteiger partial charge in [0.25, 0.3) is 0 Å². The molecule has 1 N–H and O–H groups in total. The Hall–Kier alpha value is -1.30. The van der Waals surface area contributed by atoms with Crippen LogP contribution in [0.3, 0.4) is 0 Å². The second kappa shape index (κ2) is 6.92. The molecule has 2 aliphatic rings. The second-order valence-corrected chi connectivity index (χ2v) is 5.68. The largest absolute Gasteiger partial charge is 0.469 e. The van der Waals surface area contributed by atoms with E-state index >= 15 is 0 Å². The quantitative estimate of drug-likeness (QED) is 0.763. The highest BCUT2D eigenvalue weighted by molar-refractivity contribution is 5.73. The van der Waals surface area contributed by atoms with Crippen molar-refractivity contribution < 1.29 is 19.1 Å². The number of methoxy groups -OCH3 is 1. The average molecular weight is 284 g/mol. The maximum absolute atomic E-state index is 11.8. The fourth-order valence-corrected chi connectivity index (χ4v) is 2.79. The summed E-state index contributed by atoms with van der Waals surface area (Å²) < 4.78 is 9.76. The topological polar surface area (TPSA) is 67.9 Å². The van der Waals surface area contributed by atoms with Crippen LogP contribution in [0.15, 0.2) is 0 Å². The standard InChI is InChI=1S/C14H24N2O4/c1-3-20-14(18)15-12-6-11(13(17)19-2)8-16(9-12)7-10-4-5-10/h10-12H,3-9H2,1-2H3,(H,15,18). The number of alkyl carbamates (subject to hydrolysis) is 1. The van der Waals surface area contributed by atoms with Gasteiger partial charge in [-0.05, 0) is 32.1 Å². The number of hydrogen-bond acceptors (Lipinski definition) is 5. The molecule has 1 aliphatic heterocycles. The van der Waals surface area contributed by atoms with Gasteiger partial charge in [-0.2, -0.15) is 0 Å². The zero-order valence-electron chi connectivity index (χ0n) is 12.3. The predicted octanol–water partition coefficient (Wildman–Crippen LogP) is 1.01. The van der Waals surface area contributed by atoms with Crippen molar-refractivity contribution in [1.29, 1.82) is 0 Å². The fraction of sp³-hybridized carbons (Fsp3) is 0.857. The van der Waals surface area contributed by atoms with Crippen molar-refractivity contribution in [2.24, 2.45) is 11.8 Å². The van der Waals surface area contributed by atoms with Gasteiger partial charge in [0.1, 0.15) is 0 Å². The lowest BCUT2D eigenvalue weighted by Crippen LogP contribution is -2.53. The first-order valence-electron chi connectivity index (χ1n) is 7.35. The summed E-state index contributed by atoms with van der Waals surface area (Å²) in [5.74, 6) is 0.398. The molecule has 0 aromatic heterocycles. The zero-order valence-corrected chi connectivity index (χ0v) is 12.3. The Morgan fingerprint density at radius 3 is 2.65 bits per heavy atom. The van der Waals surface area contributed by atoms with E-state index < -0.39 is 6.09 Å². The van der Waals surface area contributed by atoms with Crippen LogP contribution in [0.4, 0.5) is 4.79 Å². The van der Waals surface area contributed by atoms with E-state index in [1.807, 2.05) is 0 Å². The van der Waals surface area contributed by atoms with Crippen LogP contribution in [-0.4, -0.2) is 56.4 Å². The van der Waals surface area contributed by atoms with Gasteiger partial charge in [0.05, 0.1) is 19.6 Å². The van der Waals surface area contributed by atoms with Crippen LogP contribution in [0.1, 0.15) is 26.2 Å². The Bertz CT molecular complexity index is 357. The number of amides is 1. The number of carbonyl (C=O) groups is 2. The van der Waals surface area contributed by atoms with Gasteiger partial charge in [-0.3, -0.25) is 4.79 Å². The molecular weight excluding hydrogens is 260 g/mol. The van der Waals surface area contributed by atoms with Crippen LogP contribution in [0.25, 0.3) is 0 Å². The van der Waals surface area contributed by atoms with Crippen molar-refractivity contribution in [3.63, 3.8) is 0 Å². The Morgan fingerprint density at radius 2 is 2.05 bits per heavy atom. The van der Waals surface area contributed by atoms with Crippen molar-refractivity contribution in [2.45, 2.75) is 32.2 Å². The highest BCUT2D eigenvalue weighted by atomic mass is 16.5. The van der Waals surface area contributed by atoms with Crippen molar-refractivity contribution in [3.05, 3.63) is 0 Å². The molecule has 2 fully saturated rings. The molecule has 0 bridgehead atoms. The molecule has 20 heavy (non-hydrogen) atoms. The SMILES string of the molecule is CCOC(=O)NC1CC(C(=O)OC)CN(CC2CC2)C1. The molecule has 2 unspecified atom stereocenters. The van der Waals surface area contributed by atoms with E-state index in [9.17, 15) is 9.59 Å². The van der Waals surface area contributed by atoms with Gasteiger partial charge in [-0.25, -0.2) is 4.79 Å². The lowest BCUT2D eigenvalue weighted by molar-refractivity contribution is -0.147. The third-order valence-electron chi connectivity index (χ3n) is 3.87. The van der Waals surface area contributed by atoms with Crippen molar-refractivity contribution in [2.75, 3.05) is 33.4 Å². The van der Waals surface area contributed by atoms with Gasteiger partial charge in [0, 0.05) is 25.7 Å². The number of esters is 1. The van der Waals surface area contributed by atoms with Gasteiger partial charge >= 0.3 is 12.1 Å². The third kappa shape index (κ3) is 4.37. The average Bonchev–Trinajstić information content (AvgIpc) is 3.21. The van der Waals surface area contributed by atoms with Gasteiger partial charge < -0.3 is 19.7 Å². The maximum atomic E-state index is 11.8. The molecule has 2 atom stereocenters. The summed E-state index contributed by atoms with van der Waals surface area (Å²) in [6, 6.07) is -0.0503. The van der Waals surface area contributed by atoms with Gasteiger partial charge in [-0.1, -0.05) is 0 Å². The van der Waals surface area contributed by atoms with Crippen molar-refractivity contribution in [1.82, 2.24) is 10.2 Å². The van der Waals surface area contributed by atoms with Gasteiger partial charge in [-0.15, -0.1) is 0 Å². The van der Waals surface area contributed by atoms with Gasteiger partial charge in [0.15, 0.2) is 0 Å². The number of hydrogen-bond donors (Lipinski definition) is 1. The van der Waals surface area contributed by atoms with Crippen LogP contribution in [-0.2, 0) is 14.3 Å². The molecule has 6 nitrogen and oxygen atoms in total. The highest BCUT2D eigenvalue weighted by Crippen LogP contribution is 2.31. The van der Waals surface area contributed by atoms with E-state index in [1.165, 1.54) is 20.0 Å². The molecule has 1 amide bonds.